The van der Waals surface area contributed by atoms with E-state index in [9.17, 15) is 9.59 Å². The van der Waals surface area contributed by atoms with Crippen molar-refractivity contribution < 1.29 is 19.1 Å². The molecule has 1 aromatic heterocycles. The number of allylic oxidation sites excluding steroid dienone is 2. The van der Waals surface area contributed by atoms with Gasteiger partial charge in [-0.2, -0.15) is 0 Å². The first kappa shape index (κ1) is 18.2. The molecule has 0 saturated heterocycles. The van der Waals surface area contributed by atoms with Gasteiger partial charge in [0.05, 0.1) is 24.1 Å². The molecule has 0 amide bonds. The molecule has 2 heterocycles. The minimum Gasteiger partial charge on any atom is -0.497 e. The fraction of sp³-hybridized carbons (Fsp3) is 0.346. The zero-order valence-electron chi connectivity index (χ0n) is 17.6. The van der Waals surface area contributed by atoms with Crippen LogP contribution in [0, 0.1) is 29.6 Å². The van der Waals surface area contributed by atoms with Gasteiger partial charge in [0.2, 0.25) is 5.91 Å². The molecule has 3 aromatic rings. The van der Waals surface area contributed by atoms with Crippen LogP contribution in [-0.4, -0.2) is 35.0 Å². The number of methoxy groups -OCH3 is 1. The summed E-state index contributed by atoms with van der Waals surface area (Å²) < 4.78 is 12.7. The van der Waals surface area contributed by atoms with Crippen molar-refractivity contribution in [3.8, 4) is 11.5 Å². The molecule has 2 bridgehead atoms. The van der Waals surface area contributed by atoms with Gasteiger partial charge >= 0.3 is 0 Å². The summed E-state index contributed by atoms with van der Waals surface area (Å²) >= 11 is 0. The highest BCUT2D eigenvalue weighted by Gasteiger charge is 2.64. The minimum absolute atomic E-state index is 0.0543. The highest BCUT2D eigenvalue weighted by atomic mass is 16.5. The van der Waals surface area contributed by atoms with Crippen LogP contribution < -0.4 is 9.47 Å². The average molecular weight is 426 g/mol. The summed E-state index contributed by atoms with van der Waals surface area (Å²) in [5, 5.41) is 0. The van der Waals surface area contributed by atoms with Crippen LogP contribution in [0.4, 0.5) is 0 Å². The number of hydrogen-bond acceptors (Lipinski definition) is 5. The number of fused-ring (bicyclic) bond motifs is 3. The standard InChI is InChI=1S/C26H22N2O4/c1-31-14-4-2-13(3-5-14)22(29)12-32-15-6-9-21-20(10-15)27-25-23-16-7-8-17(19-11-18(16)19)24(23)26(30)28(21)25/h2-10,16-19,23-24H,11-12H2,1H3/t16-,17+,18+,19-,23-,24+/m0/s1. The van der Waals surface area contributed by atoms with Gasteiger partial charge in [-0.15, -0.1) is 0 Å². The number of carbonyl (C=O) groups is 2. The van der Waals surface area contributed by atoms with Gasteiger partial charge < -0.3 is 9.47 Å². The van der Waals surface area contributed by atoms with Crippen LogP contribution in [0.25, 0.3) is 11.0 Å². The number of aromatic nitrogens is 2. The summed E-state index contributed by atoms with van der Waals surface area (Å²) in [6.45, 7) is -0.0628. The number of ether oxygens (including phenoxy) is 2. The van der Waals surface area contributed by atoms with Gasteiger partial charge in [-0.3, -0.25) is 14.2 Å². The van der Waals surface area contributed by atoms with Gasteiger partial charge in [0.15, 0.2) is 12.4 Å². The van der Waals surface area contributed by atoms with E-state index in [2.05, 4.69) is 12.2 Å². The average Bonchev–Trinajstić information content (AvgIpc) is 3.50. The zero-order valence-corrected chi connectivity index (χ0v) is 17.6. The zero-order chi connectivity index (χ0) is 21.6. The molecule has 8 rings (SSSR count). The second kappa shape index (κ2) is 6.31. The smallest absolute Gasteiger partial charge is 0.237 e. The van der Waals surface area contributed by atoms with Crippen molar-refractivity contribution in [3.05, 3.63) is 66.0 Å². The summed E-state index contributed by atoms with van der Waals surface area (Å²) in [5.41, 5.74) is 2.16. The van der Waals surface area contributed by atoms with E-state index in [0.717, 1.165) is 22.8 Å². The van der Waals surface area contributed by atoms with Crippen molar-refractivity contribution in [3.63, 3.8) is 0 Å². The van der Waals surface area contributed by atoms with Gasteiger partial charge in [0, 0.05) is 17.5 Å². The number of hydrogen-bond donors (Lipinski definition) is 0. The molecular formula is C26H22N2O4. The Morgan fingerprint density at radius 2 is 1.75 bits per heavy atom. The van der Waals surface area contributed by atoms with Gasteiger partial charge in [0.25, 0.3) is 0 Å². The molecule has 0 N–H and O–H groups in total. The number of benzene rings is 2. The van der Waals surface area contributed by atoms with Crippen molar-refractivity contribution in [1.82, 2.24) is 9.55 Å². The van der Waals surface area contributed by atoms with Crippen molar-refractivity contribution in [1.29, 1.82) is 0 Å². The lowest BCUT2D eigenvalue weighted by Gasteiger charge is -2.39. The van der Waals surface area contributed by atoms with Crippen molar-refractivity contribution >= 4 is 22.7 Å². The summed E-state index contributed by atoms with van der Waals surface area (Å²) in [5.74, 6) is 4.79. The van der Waals surface area contributed by atoms with Gasteiger partial charge in [-0.05, 0) is 66.5 Å². The number of rotatable bonds is 5. The molecule has 32 heavy (non-hydrogen) atoms. The molecule has 4 aliphatic carbocycles. The highest BCUT2D eigenvalue weighted by Crippen LogP contribution is 2.67. The molecular weight excluding hydrogens is 404 g/mol. The Kier molecular flexibility index (Phi) is 3.59. The first-order valence-electron chi connectivity index (χ1n) is 11.2. The van der Waals surface area contributed by atoms with E-state index in [1.807, 2.05) is 22.8 Å². The Morgan fingerprint density at radius 1 is 1.03 bits per heavy atom. The fourth-order valence-corrected chi connectivity index (χ4v) is 6.35. The summed E-state index contributed by atoms with van der Waals surface area (Å²) in [6, 6.07) is 12.5. The molecule has 0 radical (unpaired) electrons. The third-order valence-corrected chi connectivity index (χ3v) is 7.89. The van der Waals surface area contributed by atoms with E-state index in [1.54, 1.807) is 31.4 Å². The Labute approximate surface area is 184 Å². The van der Waals surface area contributed by atoms with Gasteiger partial charge in [0.1, 0.15) is 17.3 Å². The van der Waals surface area contributed by atoms with Crippen LogP contribution in [0.2, 0.25) is 0 Å². The van der Waals surface area contributed by atoms with E-state index >= 15 is 0 Å². The summed E-state index contributed by atoms with van der Waals surface area (Å²) in [4.78, 5) is 30.7. The van der Waals surface area contributed by atoms with Crippen LogP contribution in [-0.2, 0) is 0 Å². The normalized spacial score (nSPS) is 30.7. The van der Waals surface area contributed by atoms with Gasteiger partial charge in [-0.25, -0.2) is 4.98 Å². The minimum atomic E-state index is -0.109. The summed E-state index contributed by atoms with van der Waals surface area (Å²) in [7, 11) is 1.59. The second-order valence-corrected chi connectivity index (χ2v) is 9.39. The molecule has 6 nitrogen and oxygen atoms in total. The predicted molar refractivity (Wildman–Crippen MR) is 117 cm³/mol. The maximum atomic E-state index is 13.4. The molecule has 6 atom stereocenters. The second-order valence-electron chi connectivity index (χ2n) is 9.39. The lowest BCUT2D eigenvalue weighted by Crippen LogP contribution is -2.38. The molecule has 0 spiro atoms. The van der Waals surface area contributed by atoms with Crippen molar-refractivity contribution in [2.75, 3.05) is 13.7 Å². The lowest BCUT2D eigenvalue weighted by molar-refractivity contribution is 0.0747. The Balaban J connectivity index is 1.15. The van der Waals surface area contributed by atoms with Crippen LogP contribution in [0.5, 0.6) is 11.5 Å². The van der Waals surface area contributed by atoms with Crippen LogP contribution in [0.1, 0.15) is 33.3 Å². The topological polar surface area (TPSA) is 70.4 Å². The molecule has 2 fully saturated rings. The monoisotopic (exact) mass is 426 g/mol. The Morgan fingerprint density at radius 3 is 2.50 bits per heavy atom. The molecule has 2 saturated carbocycles. The molecule has 5 aliphatic rings. The maximum absolute atomic E-state index is 13.4. The maximum Gasteiger partial charge on any atom is 0.237 e. The van der Waals surface area contributed by atoms with E-state index in [1.165, 1.54) is 6.42 Å². The molecule has 0 unspecified atom stereocenters. The Hall–Kier alpha value is -3.41. The third kappa shape index (κ3) is 2.38. The van der Waals surface area contributed by atoms with E-state index in [-0.39, 0.29) is 30.1 Å². The number of Topliss-reactive ketones (excluding diaryl/α,β-unsaturated/α-hetero) is 1. The van der Waals surface area contributed by atoms with E-state index in [0.29, 0.717) is 34.8 Å². The van der Waals surface area contributed by atoms with Crippen LogP contribution >= 0.6 is 0 Å². The van der Waals surface area contributed by atoms with Crippen molar-refractivity contribution in [2.45, 2.75) is 12.3 Å². The highest BCUT2D eigenvalue weighted by molar-refractivity contribution is 5.98. The van der Waals surface area contributed by atoms with Crippen LogP contribution in [0.3, 0.4) is 0 Å². The third-order valence-electron chi connectivity index (χ3n) is 7.89. The van der Waals surface area contributed by atoms with Crippen molar-refractivity contribution in [2.24, 2.45) is 29.6 Å². The molecule has 6 heteroatoms. The molecule has 2 aromatic carbocycles. The first-order valence-corrected chi connectivity index (χ1v) is 11.2. The van der Waals surface area contributed by atoms with E-state index in [4.69, 9.17) is 14.5 Å². The fourth-order valence-electron chi connectivity index (χ4n) is 6.35. The number of nitrogens with zero attached hydrogens (tertiary/aromatic N) is 2. The van der Waals surface area contributed by atoms with Crippen LogP contribution in [0.15, 0.2) is 54.6 Å². The molecule has 160 valence electrons. The predicted octanol–water partition coefficient (Wildman–Crippen LogP) is 4.11. The quantitative estimate of drug-likeness (QED) is 0.454. The Bertz CT molecular complexity index is 1320. The summed E-state index contributed by atoms with van der Waals surface area (Å²) in [6.07, 6.45) is 5.88. The lowest BCUT2D eigenvalue weighted by atomic mass is 9.63. The molecule has 1 aliphatic heterocycles. The SMILES string of the molecule is COc1ccc(C(=O)COc2ccc3c(c2)nc2n3C(=O)[C@@H]3[C@@H]4C=C[C@@H]([C@H]5C[C@@H]45)[C@H]23)cc1. The largest absolute Gasteiger partial charge is 0.497 e. The number of imidazole rings is 1. The number of ketones is 1. The first-order chi connectivity index (χ1) is 15.6. The van der Waals surface area contributed by atoms with Gasteiger partial charge in [-0.1, -0.05) is 12.2 Å². The van der Waals surface area contributed by atoms with E-state index < -0.39 is 0 Å². The number of carbonyl (C=O) groups excluding carboxylic acids is 2.